The molecule has 2 aromatic rings. The van der Waals surface area contributed by atoms with Gasteiger partial charge >= 0.3 is 5.97 Å². The van der Waals surface area contributed by atoms with Crippen molar-refractivity contribution in [1.29, 1.82) is 0 Å². The van der Waals surface area contributed by atoms with Crippen molar-refractivity contribution < 1.29 is 29.0 Å². The third-order valence-corrected chi connectivity index (χ3v) is 5.10. The number of hydrogen-bond acceptors (Lipinski definition) is 5. The highest BCUT2D eigenvalue weighted by Gasteiger charge is 2.33. The maximum Gasteiger partial charge on any atom is 0.348 e. The molecule has 0 radical (unpaired) electrons. The van der Waals surface area contributed by atoms with Crippen LogP contribution in [-0.2, 0) is 4.79 Å². The standard InChI is InChI=1S/C24H28N2O6.C2H6/c1-13-9-14(2)11-16(10-13)22(28)26(24(4,5)6)25-21(27)17-7-8-18-20(15(17)3)32-19(12-31-18)23(29)30;1-2/h7-11,19H,12H2,1-6H3,(H,25,27)(H,29,30);1-2H3/t19-;/m1./s1. The van der Waals surface area contributed by atoms with Crippen LogP contribution in [0, 0.1) is 20.8 Å². The number of carbonyl (C=O) groups excluding carboxylic acids is 2. The maximum absolute atomic E-state index is 13.3. The fourth-order valence-electron chi connectivity index (χ4n) is 3.55. The molecule has 2 aromatic carbocycles. The van der Waals surface area contributed by atoms with Crippen molar-refractivity contribution in [3.63, 3.8) is 0 Å². The number of ether oxygens (including phenoxy) is 2. The molecule has 0 saturated heterocycles. The van der Waals surface area contributed by atoms with E-state index in [1.807, 2.05) is 54.5 Å². The number of aryl methyl sites for hydroxylation is 2. The Morgan fingerprint density at radius 3 is 2.15 bits per heavy atom. The minimum Gasteiger partial charge on any atom is -0.485 e. The fraction of sp³-hybridized carbons (Fsp3) is 0.423. The van der Waals surface area contributed by atoms with E-state index in [9.17, 15) is 19.5 Å². The summed E-state index contributed by atoms with van der Waals surface area (Å²) in [5.41, 5.74) is 5.07. The van der Waals surface area contributed by atoms with E-state index in [0.29, 0.717) is 16.9 Å². The largest absolute Gasteiger partial charge is 0.485 e. The number of carboxylic acid groups (broad SMARTS) is 1. The molecule has 1 heterocycles. The Labute approximate surface area is 200 Å². The van der Waals surface area contributed by atoms with E-state index in [1.54, 1.807) is 31.2 Å². The van der Waals surface area contributed by atoms with Gasteiger partial charge in [0.25, 0.3) is 11.8 Å². The van der Waals surface area contributed by atoms with Gasteiger partial charge < -0.3 is 14.6 Å². The number of fused-ring (bicyclic) bond motifs is 1. The molecular weight excluding hydrogens is 436 g/mol. The maximum atomic E-state index is 13.3. The zero-order valence-electron chi connectivity index (χ0n) is 21.1. The fourth-order valence-corrected chi connectivity index (χ4v) is 3.55. The summed E-state index contributed by atoms with van der Waals surface area (Å²) in [4.78, 5) is 37.8. The van der Waals surface area contributed by atoms with Crippen LogP contribution in [0.25, 0.3) is 0 Å². The zero-order chi connectivity index (χ0) is 25.8. The van der Waals surface area contributed by atoms with Crippen molar-refractivity contribution in [2.75, 3.05) is 6.61 Å². The number of hydrogen-bond donors (Lipinski definition) is 2. The summed E-state index contributed by atoms with van der Waals surface area (Å²) in [6, 6.07) is 8.65. The Morgan fingerprint density at radius 2 is 1.62 bits per heavy atom. The Morgan fingerprint density at radius 1 is 1.03 bits per heavy atom. The molecule has 0 bridgehead atoms. The third kappa shape index (κ3) is 5.87. The van der Waals surface area contributed by atoms with Gasteiger partial charge in [-0.2, -0.15) is 0 Å². The first-order chi connectivity index (χ1) is 15.9. The number of benzene rings is 2. The van der Waals surface area contributed by atoms with Gasteiger partial charge in [-0.1, -0.05) is 31.0 Å². The molecule has 8 heteroatoms. The van der Waals surface area contributed by atoms with Crippen LogP contribution in [0.4, 0.5) is 0 Å². The summed E-state index contributed by atoms with van der Waals surface area (Å²) in [6.45, 7) is 14.8. The van der Waals surface area contributed by atoms with Crippen molar-refractivity contribution in [2.24, 2.45) is 0 Å². The van der Waals surface area contributed by atoms with Crippen molar-refractivity contribution in [1.82, 2.24) is 10.4 Å². The topological polar surface area (TPSA) is 105 Å². The molecule has 2 N–H and O–H groups in total. The lowest BCUT2D eigenvalue weighted by atomic mass is 10.0. The Bertz CT molecular complexity index is 1070. The third-order valence-electron chi connectivity index (χ3n) is 5.10. The number of nitrogens with one attached hydrogen (secondary N) is 1. The molecule has 0 saturated carbocycles. The van der Waals surface area contributed by atoms with E-state index in [-0.39, 0.29) is 23.8 Å². The van der Waals surface area contributed by atoms with Crippen LogP contribution in [0.2, 0.25) is 0 Å². The molecule has 0 aromatic heterocycles. The molecule has 1 aliphatic heterocycles. The van der Waals surface area contributed by atoms with Crippen molar-refractivity contribution in [3.8, 4) is 11.5 Å². The Balaban J connectivity index is 0.00000199. The van der Waals surface area contributed by atoms with Crippen molar-refractivity contribution >= 4 is 17.8 Å². The van der Waals surface area contributed by atoms with E-state index >= 15 is 0 Å². The van der Waals surface area contributed by atoms with Crippen LogP contribution in [-0.4, -0.2) is 46.1 Å². The lowest BCUT2D eigenvalue weighted by Gasteiger charge is -2.36. The Hall–Kier alpha value is -3.55. The van der Waals surface area contributed by atoms with Crippen molar-refractivity contribution in [3.05, 3.63) is 58.1 Å². The molecule has 3 rings (SSSR count). The lowest BCUT2D eigenvalue weighted by molar-refractivity contribution is -0.147. The van der Waals surface area contributed by atoms with Crippen LogP contribution >= 0.6 is 0 Å². The SMILES string of the molecule is CC.Cc1cc(C)cc(C(=O)N(NC(=O)c2ccc3c(c2C)O[C@@H](C(=O)O)CO3)C(C)(C)C)c1. The summed E-state index contributed by atoms with van der Waals surface area (Å²) in [5.74, 6) is -1.42. The smallest absolute Gasteiger partial charge is 0.348 e. The molecule has 1 atom stereocenters. The monoisotopic (exact) mass is 470 g/mol. The van der Waals surface area contributed by atoms with Crippen LogP contribution in [0.15, 0.2) is 30.3 Å². The predicted molar refractivity (Wildman–Crippen MR) is 129 cm³/mol. The lowest BCUT2D eigenvalue weighted by Crippen LogP contribution is -2.56. The van der Waals surface area contributed by atoms with Gasteiger partial charge in [0.2, 0.25) is 6.10 Å². The van der Waals surface area contributed by atoms with Gasteiger partial charge in [0.05, 0.1) is 5.54 Å². The van der Waals surface area contributed by atoms with Gasteiger partial charge in [0, 0.05) is 16.7 Å². The average molecular weight is 471 g/mol. The highest BCUT2D eigenvalue weighted by atomic mass is 16.6. The predicted octanol–water partition coefficient (Wildman–Crippen LogP) is 4.45. The van der Waals surface area contributed by atoms with E-state index in [0.717, 1.165) is 11.1 Å². The molecule has 34 heavy (non-hydrogen) atoms. The van der Waals surface area contributed by atoms with Crippen LogP contribution in [0.5, 0.6) is 11.5 Å². The van der Waals surface area contributed by atoms with Gasteiger partial charge in [-0.05, 0) is 65.8 Å². The number of carboxylic acids is 1. The second-order valence-corrected chi connectivity index (χ2v) is 8.95. The van der Waals surface area contributed by atoms with Gasteiger partial charge in [-0.25, -0.2) is 9.80 Å². The number of rotatable bonds is 3. The molecule has 2 amide bonds. The molecule has 0 unspecified atom stereocenters. The number of aliphatic carboxylic acids is 1. The molecule has 0 fully saturated rings. The second-order valence-electron chi connectivity index (χ2n) is 8.95. The highest BCUT2D eigenvalue weighted by molar-refractivity contribution is 6.00. The molecule has 8 nitrogen and oxygen atoms in total. The van der Waals surface area contributed by atoms with Crippen LogP contribution < -0.4 is 14.9 Å². The average Bonchev–Trinajstić information content (AvgIpc) is 2.76. The first-order valence-electron chi connectivity index (χ1n) is 11.3. The number of amides is 2. The highest BCUT2D eigenvalue weighted by Crippen LogP contribution is 2.37. The molecule has 184 valence electrons. The van der Waals surface area contributed by atoms with E-state index in [4.69, 9.17) is 9.47 Å². The van der Waals surface area contributed by atoms with Gasteiger partial charge in [0.1, 0.15) is 6.61 Å². The number of hydrazine groups is 1. The van der Waals surface area contributed by atoms with Crippen molar-refractivity contribution in [2.45, 2.75) is 67.0 Å². The quantitative estimate of drug-likeness (QED) is 0.642. The van der Waals surface area contributed by atoms with E-state index < -0.39 is 23.5 Å². The van der Waals surface area contributed by atoms with Crippen LogP contribution in [0.1, 0.15) is 72.0 Å². The van der Waals surface area contributed by atoms with Gasteiger partial charge in [-0.3, -0.25) is 15.0 Å². The Kier molecular flexibility index (Phi) is 8.31. The molecule has 0 spiro atoms. The molecule has 0 aliphatic carbocycles. The number of nitrogens with zero attached hydrogens (tertiary/aromatic N) is 1. The summed E-state index contributed by atoms with van der Waals surface area (Å²) in [7, 11) is 0. The zero-order valence-corrected chi connectivity index (χ0v) is 21.1. The van der Waals surface area contributed by atoms with E-state index in [2.05, 4.69) is 5.43 Å². The first kappa shape index (κ1) is 26.7. The molecular formula is C26H34N2O6. The summed E-state index contributed by atoms with van der Waals surface area (Å²) < 4.78 is 11.0. The second kappa shape index (κ2) is 10.6. The minimum atomic E-state index is -1.16. The van der Waals surface area contributed by atoms with Crippen LogP contribution in [0.3, 0.4) is 0 Å². The minimum absolute atomic E-state index is 0.116. The molecule has 1 aliphatic rings. The van der Waals surface area contributed by atoms with Gasteiger partial charge in [-0.15, -0.1) is 0 Å². The van der Waals surface area contributed by atoms with Gasteiger partial charge in [0.15, 0.2) is 11.5 Å². The summed E-state index contributed by atoms with van der Waals surface area (Å²) in [6.07, 6.45) is -1.16. The first-order valence-corrected chi connectivity index (χ1v) is 11.3. The number of carbonyl (C=O) groups is 3. The van der Waals surface area contributed by atoms with E-state index in [1.165, 1.54) is 5.01 Å². The summed E-state index contributed by atoms with van der Waals surface area (Å²) >= 11 is 0. The summed E-state index contributed by atoms with van der Waals surface area (Å²) in [5, 5.41) is 10.5. The normalized spacial score (nSPS) is 14.4.